The zero-order valence-corrected chi connectivity index (χ0v) is 11.2. The van der Waals surface area contributed by atoms with Gasteiger partial charge < -0.3 is 5.11 Å². The van der Waals surface area contributed by atoms with Crippen LogP contribution in [-0.4, -0.2) is 5.11 Å². The Kier molecular flexibility index (Phi) is 2.56. The van der Waals surface area contributed by atoms with Crippen molar-refractivity contribution in [2.24, 2.45) is 0 Å². The van der Waals surface area contributed by atoms with E-state index < -0.39 is 0 Å². The molecular weight excluding hydrogens is 242 g/mol. The molecule has 1 aromatic heterocycles. The zero-order chi connectivity index (χ0) is 12.7. The minimum atomic E-state index is 0.391. The first-order chi connectivity index (χ1) is 8.70. The third-order valence-electron chi connectivity index (χ3n) is 3.44. The summed E-state index contributed by atoms with van der Waals surface area (Å²) in [6.07, 6.45) is 2.05. The number of aromatic nitrogens is 1. The highest BCUT2D eigenvalue weighted by Gasteiger charge is 2.20. The van der Waals surface area contributed by atoms with E-state index in [1.165, 1.54) is 0 Å². The molecule has 18 heavy (non-hydrogen) atoms. The van der Waals surface area contributed by atoms with E-state index in [0.717, 1.165) is 27.6 Å². The molecule has 0 atom stereocenters. The lowest BCUT2D eigenvalue weighted by Crippen LogP contribution is -2.28. The Bertz CT molecular complexity index is 717. The number of phenols is 1. The molecule has 0 spiro atoms. The van der Waals surface area contributed by atoms with E-state index in [0.29, 0.717) is 5.75 Å². The van der Waals surface area contributed by atoms with Gasteiger partial charge in [-0.2, -0.15) is 4.57 Å². The second-order valence-electron chi connectivity index (χ2n) is 4.43. The molecule has 1 heterocycles. The van der Waals surface area contributed by atoms with Crippen LogP contribution in [0.1, 0.15) is 11.1 Å². The predicted octanol–water partition coefficient (Wildman–Crippen LogP) is 3.50. The van der Waals surface area contributed by atoms with E-state index in [1.54, 1.807) is 11.3 Å². The lowest BCUT2D eigenvalue weighted by Gasteiger charge is -2.10. The Labute approximate surface area is 110 Å². The van der Waals surface area contributed by atoms with Crippen LogP contribution in [0, 0.1) is 13.8 Å². The normalized spacial score (nSPS) is 11.0. The molecule has 0 fully saturated rings. The molecule has 0 saturated heterocycles. The number of fused-ring (bicyclic) bond motifs is 1. The predicted molar refractivity (Wildman–Crippen MR) is 74.5 cm³/mol. The van der Waals surface area contributed by atoms with Gasteiger partial charge in [0.05, 0.1) is 10.8 Å². The van der Waals surface area contributed by atoms with Gasteiger partial charge in [-0.15, -0.1) is 0 Å². The molecule has 0 aliphatic carbocycles. The number of hydrogen-bond donors (Lipinski definition) is 1. The van der Waals surface area contributed by atoms with E-state index >= 15 is 0 Å². The summed E-state index contributed by atoms with van der Waals surface area (Å²) < 4.78 is 2.12. The molecule has 3 aromatic rings. The van der Waals surface area contributed by atoms with Crippen LogP contribution < -0.4 is 4.57 Å². The van der Waals surface area contributed by atoms with Crippen LogP contribution in [0.2, 0.25) is 0 Å². The Morgan fingerprint density at radius 3 is 2.44 bits per heavy atom. The van der Waals surface area contributed by atoms with E-state index in [4.69, 9.17) is 0 Å². The molecule has 0 aliphatic rings. The fourth-order valence-corrected chi connectivity index (χ4v) is 2.93. The molecule has 3 rings (SSSR count). The van der Waals surface area contributed by atoms with Crippen LogP contribution in [0.3, 0.4) is 0 Å². The summed E-state index contributed by atoms with van der Waals surface area (Å²) in [6.45, 7) is 4.02. The number of hydrogen-bond acceptors (Lipinski definition) is 2. The second-order valence-corrected chi connectivity index (χ2v) is 5.18. The van der Waals surface area contributed by atoms with E-state index in [1.807, 2.05) is 25.1 Å². The van der Waals surface area contributed by atoms with Crippen molar-refractivity contribution in [1.82, 2.24) is 0 Å². The minimum absolute atomic E-state index is 0.391. The van der Waals surface area contributed by atoms with Crippen LogP contribution in [0.4, 0.5) is 0 Å². The molecule has 0 saturated carbocycles. The molecule has 0 radical (unpaired) electrons. The zero-order valence-electron chi connectivity index (χ0n) is 10.3. The first kappa shape index (κ1) is 11.2. The largest absolute Gasteiger partial charge is 0.507 e. The van der Waals surface area contributed by atoms with Gasteiger partial charge in [0.15, 0.2) is 6.20 Å². The summed E-state index contributed by atoms with van der Waals surface area (Å²) in [4.78, 5) is 0. The summed E-state index contributed by atoms with van der Waals surface area (Å²) in [5.74, 6) is 0.391. The molecular formula is C15H14NOS+. The van der Waals surface area contributed by atoms with Gasteiger partial charge >= 0.3 is 0 Å². The standard InChI is InChI=1S/C15H13NOS/c1-10-11(2)15(17)13-6-4-3-5-12(13)14(10)16-7-8-18-9-16/h3-9H,1-2H3/p+1. The van der Waals surface area contributed by atoms with Crippen molar-refractivity contribution in [3.63, 3.8) is 0 Å². The average molecular weight is 256 g/mol. The monoisotopic (exact) mass is 256 g/mol. The highest BCUT2D eigenvalue weighted by atomic mass is 32.1. The van der Waals surface area contributed by atoms with Crippen molar-refractivity contribution in [3.05, 3.63) is 52.5 Å². The number of thiazole rings is 1. The third kappa shape index (κ3) is 1.51. The Hall–Kier alpha value is -1.87. The van der Waals surface area contributed by atoms with Crippen molar-refractivity contribution < 1.29 is 9.67 Å². The van der Waals surface area contributed by atoms with E-state index in [2.05, 4.69) is 34.6 Å². The van der Waals surface area contributed by atoms with Crippen LogP contribution in [0.5, 0.6) is 5.75 Å². The molecule has 0 bridgehead atoms. The Morgan fingerprint density at radius 2 is 1.78 bits per heavy atom. The van der Waals surface area contributed by atoms with Crippen molar-refractivity contribution in [2.45, 2.75) is 13.8 Å². The van der Waals surface area contributed by atoms with E-state index in [9.17, 15) is 5.11 Å². The summed E-state index contributed by atoms with van der Waals surface area (Å²) in [7, 11) is 0. The quantitative estimate of drug-likeness (QED) is 0.662. The highest BCUT2D eigenvalue weighted by Crippen LogP contribution is 2.34. The van der Waals surface area contributed by atoms with Gasteiger partial charge in [-0.3, -0.25) is 0 Å². The van der Waals surface area contributed by atoms with Gasteiger partial charge in [-0.25, -0.2) is 0 Å². The Balaban J connectivity index is 2.51. The maximum atomic E-state index is 10.3. The maximum Gasteiger partial charge on any atom is 0.230 e. The molecule has 0 unspecified atom stereocenters. The first-order valence-corrected chi connectivity index (χ1v) is 6.79. The van der Waals surface area contributed by atoms with Crippen molar-refractivity contribution in [2.75, 3.05) is 0 Å². The smallest absolute Gasteiger partial charge is 0.230 e. The number of rotatable bonds is 1. The fourth-order valence-electron chi connectivity index (χ4n) is 2.35. The molecule has 1 N–H and O–H groups in total. The molecule has 3 heteroatoms. The van der Waals surface area contributed by atoms with Gasteiger partial charge in [-0.05, 0) is 19.9 Å². The topological polar surface area (TPSA) is 24.1 Å². The first-order valence-electron chi connectivity index (χ1n) is 5.85. The van der Waals surface area contributed by atoms with Crippen LogP contribution >= 0.6 is 11.3 Å². The fraction of sp³-hybridized carbons (Fsp3) is 0.133. The Morgan fingerprint density at radius 1 is 1.06 bits per heavy atom. The number of aromatic hydroxyl groups is 1. The van der Waals surface area contributed by atoms with Gasteiger partial charge in [0, 0.05) is 16.5 Å². The number of benzene rings is 2. The molecule has 2 nitrogen and oxygen atoms in total. The number of phenolic OH excluding ortho intramolecular Hbond substituents is 1. The van der Waals surface area contributed by atoms with Gasteiger partial charge in [-0.1, -0.05) is 29.5 Å². The van der Waals surface area contributed by atoms with Crippen molar-refractivity contribution in [3.8, 4) is 11.4 Å². The average Bonchev–Trinajstić information content (AvgIpc) is 2.90. The van der Waals surface area contributed by atoms with Crippen LogP contribution in [0.25, 0.3) is 16.5 Å². The highest BCUT2D eigenvalue weighted by molar-refractivity contribution is 7.07. The second kappa shape index (κ2) is 4.10. The molecule has 90 valence electrons. The van der Waals surface area contributed by atoms with Gasteiger partial charge in [0.25, 0.3) is 0 Å². The summed E-state index contributed by atoms with van der Waals surface area (Å²) in [6, 6.07) is 7.99. The molecule has 2 aromatic carbocycles. The van der Waals surface area contributed by atoms with E-state index in [-0.39, 0.29) is 0 Å². The molecule has 0 amide bonds. The van der Waals surface area contributed by atoms with Crippen molar-refractivity contribution >= 4 is 22.1 Å². The van der Waals surface area contributed by atoms with Gasteiger partial charge in [0.1, 0.15) is 5.75 Å². The summed E-state index contributed by atoms with van der Waals surface area (Å²) in [5.41, 5.74) is 5.30. The van der Waals surface area contributed by atoms with Crippen LogP contribution in [-0.2, 0) is 0 Å². The van der Waals surface area contributed by atoms with Crippen LogP contribution in [0.15, 0.2) is 41.4 Å². The van der Waals surface area contributed by atoms with Gasteiger partial charge in [0.2, 0.25) is 11.2 Å². The molecule has 0 aliphatic heterocycles. The van der Waals surface area contributed by atoms with Crippen molar-refractivity contribution in [1.29, 1.82) is 0 Å². The lowest BCUT2D eigenvalue weighted by molar-refractivity contribution is -0.589. The third-order valence-corrected chi connectivity index (χ3v) is 4.07. The lowest BCUT2D eigenvalue weighted by atomic mass is 9.98. The SMILES string of the molecule is Cc1c(C)c(-[n+]2ccsc2)c2ccccc2c1O. The number of nitrogens with zero attached hydrogens (tertiary/aromatic N) is 1. The summed E-state index contributed by atoms with van der Waals surface area (Å²) in [5, 5.41) is 14.3. The summed E-state index contributed by atoms with van der Waals surface area (Å²) >= 11 is 1.66. The minimum Gasteiger partial charge on any atom is -0.507 e. The maximum absolute atomic E-state index is 10.3.